The van der Waals surface area contributed by atoms with Crippen molar-refractivity contribution in [2.24, 2.45) is 0 Å². The van der Waals surface area contributed by atoms with Crippen LogP contribution in [0.1, 0.15) is 40.0 Å². The van der Waals surface area contributed by atoms with Gasteiger partial charge in [-0.2, -0.15) is 0 Å². The predicted molar refractivity (Wildman–Crippen MR) is 49.9 cm³/mol. The molecule has 0 bridgehead atoms. The van der Waals surface area contributed by atoms with E-state index in [0.29, 0.717) is 6.42 Å². The first-order valence-corrected chi connectivity index (χ1v) is 4.56. The van der Waals surface area contributed by atoms with Gasteiger partial charge in [-0.25, -0.2) is 0 Å². The van der Waals surface area contributed by atoms with Gasteiger partial charge in [0.05, 0.1) is 0 Å². The monoisotopic (exact) mass is 170 g/mol. The summed E-state index contributed by atoms with van der Waals surface area (Å²) < 4.78 is 5.07. The molecule has 1 atom stereocenters. The minimum atomic E-state index is -0.106. The number of allylic oxidation sites excluding steroid dienone is 1. The summed E-state index contributed by atoms with van der Waals surface area (Å²) in [6, 6.07) is 0. The van der Waals surface area contributed by atoms with Crippen LogP contribution in [0.2, 0.25) is 0 Å². The molecule has 0 heterocycles. The van der Waals surface area contributed by atoms with Gasteiger partial charge >= 0.3 is 5.97 Å². The summed E-state index contributed by atoms with van der Waals surface area (Å²) in [6.45, 7) is 5.89. The van der Waals surface area contributed by atoms with Crippen LogP contribution in [-0.4, -0.2) is 12.1 Å². The Labute approximate surface area is 74.6 Å². The van der Waals surface area contributed by atoms with E-state index in [4.69, 9.17) is 4.74 Å². The molecule has 70 valence electrons. The van der Waals surface area contributed by atoms with Crippen molar-refractivity contribution in [1.82, 2.24) is 0 Å². The molecule has 0 aromatic rings. The highest BCUT2D eigenvalue weighted by Crippen LogP contribution is 1.99. The van der Waals surface area contributed by atoms with Crippen LogP contribution in [0, 0.1) is 0 Å². The lowest BCUT2D eigenvalue weighted by molar-refractivity contribution is -0.146. The van der Waals surface area contributed by atoms with Crippen LogP contribution in [0.25, 0.3) is 0 Å². The number of carbonyl (C=O) groups excluding carboxylic acids is 1. The zero-order chi connectivity index (χ0) is 9.40. The fourth-order valence-electron chi connectivity index (χ4n) is 0.837. The van der Waals surface area contributed by atoms with Crippen LogP contribution in [0.15, 0.2) is 12.2 Å². The summed E-state index contributed by atoms with van der Waals surface area (Å²) in [5.41, 5.74) is 0. The van der Waals surface area contributed by atoms with Gasteiger partial charge in [0, 0.05) is 6.42 Å². The lowest BCUT2D eigenvalue weighted by Crippen LogP contribution is -2.11. The van der Waals surface area contributed by atoms with Gasteiger partial charge < -0.3 is 4.74 Å². The summed E-state index contributed by atoms with van der Waals surface area (Å²) in [6.07, 6.45) is 6.18. The van der Waals surface area contributed by atoms with Gasteiger partial charge in [-0.3, -0.25) is 4.79 Å². The van der Waals surface area contributed by atoms with Crippen molar-refractivity contribution in [2.45, 2.75) is 46.1 Å². The highest BCUT2D eigenvalue weighted by atomic mass is 16.5. The van der Waals surface area contributed by atoms with Crippen molar-refractivity contribution < 1.29 is 9.53 Å². The van der Waals surface area contributed by atoms with E-state index in [0.717, 1.165) is 12.8 Å². The Morgan fingerprint density at radius 2 is 2.17 bits per heavy atom. The maximum atomic E-state index is 11.0. The van der Waals surface area contributed by atoms with Crippen molar-refractivity contribution >= 4 is 5.97 Å². The fraction of sp³-hybridized carbons (Fsp3) is 0.700. The molecule has 2 nitrogen and oxygen atoms in total. The maximum Gasteiger partial charge on any atom is 0.306 e. The van der Waals surface area contributed by atoms with Crippen molar-refractivity contribution in [3.8, 4) is 0 Å². The van der Waals surface area contributed by atoms with Crippen LogP contribution in [0.4, 0.5) is 0 Å². The van der Waals surface area contributed by atoms with E-state index < -0.39 is 0 Å². The van der Waals surface area contributed by atoms with E-state index in [1.54, 1.807) is 0 Å². The number of esters is 1. The smallest absolute Gasteiger partial charge is 0.306 e. The molecule has 0 saturated carbocycles. The van der Waals surface area contributed by atoms with Crippen molar-refractivity contribution in [2.75, 3.05) is 0 Å². The van der Waals surface area contributed by atoms with Gasteiger partial charge in [-0.05, 0) is 25.8 Å². The molecule has 0 aromatic carbocycles. The Balaban J connectivity index is 3.60. The van der Waals surface area contributed by atoms with Crippen molar-refractivity contribution in [1.29, 1.82) is 0 Å². The normalized spacial score (nSPS) is 13.2. The molecular weight excluding hydrogens is 152 g/mol. The van der Waals surface area contributed by atoms with Crippen molar-refractivity contribution in [3.63, 3.8) is 0 Å². The Bertz CT molecular complexity index is 150. The predicted octanol–water partition coefficient (Wildman–Crippen LogP) is 2.68. The maximum absolute atomic E-state index is 11.0. The molecule has 0 N–H and O–H groups in total. The zero-order valence-electron chi connectivity index (χ0n) is 8.17. The molecule has 12 heavy (non-hydrogen) atoms. The number of hydrogen-bond donors (Lipinski definition) is 0. The van der Waals surface area contributed by atoms with Gasteiger partial charge in [0.1, 0.15) is 6.10 Å². The average molecular weight is 170 g/mol. The zero-order valence-corrected chi connectivity index (χ0v) is 8.17. The third-order valence-electron chi connectivity index (χ3n) is 1.41. The Hall–Kier alpha value is -0.790. The highest BCUT2D eigenvalue weighted by molar-refractivity contribution is 5.69. The molecule has 0 aromatic heterocycles. The second-order valence-corrected chi connectivity index (χ2v) is 2.78. The topological polar surface area (TPSA) is 26.3 Å². The molecule has 2 heteroatoms. The Kier molecular flexibility index (Phi) is 6.44. The van der Waals surface area contributed by atoms with Gasteiger partial charge in [-0.1, -0.05) is 19.9 Å². The molecule has 0 aliphatic heterocycles. The van der Waals surface area contributed by atoms with Crippen LogP contribution in [0.3, 0.4) is 0 Å². The van der Waals surface area contributed by atoms with Crippen molar-refractivity contribution in [3.05, 3.63) is 12.2 Å². The largest absolute Gasteiger partial charge is 0.458 e. The summed E-state index contributed by atoms with van der Waals surface area (Å²) >= 11 is 0. The minimum absolute atomic E-state index is 0.0796. The first kappa shape index (κ1) is 11.2. The minimum Gasteiger partial charge on any atom is -0.458 e. The summed E-state index contributed by atoms with van der Waals surface area (Å²) in [7, 11) is 0. The van der Waals surface area contributed by atoms with E-state index in [1.165, 1.54) is 0 Å². The van der Waals surface area contributed by atoms with Crippen LogP contribution in [-0.2, 0) is 9.53 Å². The van der Waals surface area contributed by atoms with E-state index >= 15 is 0 Å². The summed E-state index contributed by atoms with van der Waals surface area (Å²) in [5.74, 6) is -0.106. The van der Waals surface area contributed by atoms with Crippen LogP contribution < -0.4 is 0 Å². The lowest BCUT2D eigenvalue weighted by atomic mass is 10.3. The molecule has 1 unspecified atom stereocenters. The van der Waals surface area contributed by atoms with Gasteiger partial charge in [-0.15, -0.1) is 0 Å². The van der Waals surface area contributed by atoms with E-state index in [-0.39, 0.29) is 12.1 Å². The second kappa shape index (κ2) is 6.89. The summed E-state index contributed by atoms with van der Waals surface area (Å²) in [5, 5.41) is 0. The number of ether oxygens (including phenoxy) is 1. The van der Waals surface area contributed by atoms with E-state index in [1.807, 2.05) is 26.0 Å². The molecule has 0 fully saturated rings. The van der Waals surface area contributed by atoms with Crippen LogP contribution in [0.5, 0.6) is 0 Å². The molecule has 0 radical (unpaired) electrons. The quantitative estimate of drug-likeness (QED) is 0.468. The molecule has 0 aliphatic carbocycles. The molecule has 0 rings (SSSR count). The first-order chi connectivity index (χ1) is 5.70. The van der Waals surface area contributed by atoms with E-state index in [9.17, 15) is 4.79 Å². The molecule has 0 saturated heterocycles. The lowest BCUT2D eigenvalue weighted by Gasteiger charge is -2.07. The first-order valence-electron chi connectivity index (χ1n) is 4.56. The van der Waals surface area contributed by atoms with Gasteiger partial charge in [0.2, 0.25) is 0 Å². The number of carbonyl (C=O) groups is 1. The Morgan fingerprint density at radius 3 is 2.67 bits per heavy atom. The molecule has 0 aliphatic rings. The van der Waals surface area contributed by atoms with Gasteiger partial charge in [0.15, 0.2) is 0 Å². The van der Waals surface area contributed by atoms with E-state index in [2.05, 4.69) is 6.92 Å². The average Bonchev–Trinajstić information content (AvgIpc) is 2.01. The second-order valence-electron chi connectivity index (χ2n) is 2.78. The molecule has 0 spiro atoms. The molecule has 0 amide bonds. The molecular formula is C10H18O2. The SMILES string of the molecule is CCC=CC(C)OC(=O)CCC. The summed E-state index contributed by atoms with van der Waals surface area (Å²) in [4.78, 5) is 11.0. The third kappa shape index (κ3) is 5.96. The van der Waals surface area contributed by atoms with Gasteiger partial charge in [0.25, 0.3) is 0 Å². The fourth-order valence-corrected chi connectivity index (χ4v) is 0.837. The van der Waals surface area contributed by atoms with Crippen LogP contribution >= 0.6 is 0 Å². The standard InChI is InChI=1S/C10H18O2/c1-4-6-8-9(3)12-10(11)7-5-2/h6,8-9H,4-5,7H2,1-3H3. The number of hydrogen-bond acceptors (Lipinski definition) is 2. The third-order valence-corrected chi connectivity index (χ3v) is 1.41. The number of rotatable bonds is 5. The Morgan fingerprint density at radius 1 is 1.50 bits per heavy atom. The highest BCUT2D eigenvalue weighted by Gasteiger charge is 2.03.